The number of hydrazine groups is 1. The van der Waals surface area contributed by atoms with E-state index in [9.17, 15) is 59.1 Å². The molecular formula is C74H95ClN16O18. The summed E-state index contributed by atoms with van der Waals surface area (Å²) < 4.78 is 11.5. The fourth-order valence-corrected chi connectivity index (χ4v) is 12.9. The molecule has 109 heavy (non-hydrogen) atoms. The zero-order valence-corrected chi connectivity index (χ0v) is 61.2. The molecule has 14 atom stereocenters. The number of primary amides is 1. The zero-order chi connectivity index (χ0) is 79.2. The SMILES string of the molecule is CC(=O)N[C@H](Cc1cccc2ccccc12)C(=O)N[C@H](Cc1ccc(Cl)cc1)C(=O)N[C@H](Cc1cc2ccccc2[nH]1)C(=O)N[C@@H](CO)C(=O)N[C@@H](Cc1ccc(O)cc1)C(=O)N[C@H](CO[C@@H]1O[C@@H](C)[C@H](O)[C@@H](O)[C@H]1O)C(=O)N[C@@H](CC(C)C)C(=O)N[C@@H](CCCN=C(N)N)C(=O)N1CCC[C@H]1C(=O)NNC(N)=O. The van der Waals surface area contributed by atoms with Gasteiger partial charge in [-0.1, -0.05) is 110 Å². The molecule has 0 unspecified atom stereocenters. The van der Waals surface area contributed by atoms with E-state index in [0.717, 1.165) is 16.2 Å². The average Bonchev–Trinajstić information content (AvgIpc) is 1.73. The van der Waals surface area contributed by atoms with Gasteiger partial charge in [0.25, 0.3) is 5.91 Å². The number of aromatic hydroxyl groups is 1. The third-order valence-electron chi connectivity index (χ3n) is 18.4. The molecule has 0 spiro atoms. The van der Waals surface area contributed by atoms with E-state index in [1.165, 1.54) is 43.0 Å². The number of nitrogens with one attached hydrogen (secondary N) is 11. The highest BCUT2D eigenvalue weighted by Gasteiger charge is 2.44. The quantitative estimate of drug-likeness (QED) is 0.00929. The van der Waals surface area contributed by atoms with Crippen LogP contribution in [0.5, 0.6) is 5.75 Å². The second-order valence-corrected chi connectivity index (χ2v) is 27.7. The van der Waals surface area contributed by atoms with Crippen molar-refractivity contribution in [2.24, 2.45) is 28.1 Å². The van der Waals surface area contributed by atoms with E-state index in [-0.39, 0.29) is 81.2 Å². The van der Waals surface area contributed by atoms with Crippen LogP contribution in [0.2, 0.25) is 5.02 Å². The number of amides is 12. The highest BCUT2D eigenvalue weighted by molar-refractivity contribution is 6.30. The molecule has 12 amide bonds. The van der Waals surface area contributed by atoms with Crippen LogP contribution in [-0.4, -0.2) is 218 Å². The van der Waals surface area contributed by atoms with Crippen LogP contribution in [0, 0.1) is 5.92 Å². The Balaban J connectivity index is 1.07. The number of benzene rings is 5. The van der Waals surface area contributed by atoms with Gasteiger partial charge < -0.3 is 105 Å². The van der Waals surface area contributed by atoms with Crippen molar-refractivity contribution >= 4 is 104 Å². The lowest BCUT2D eigenvalue weighted by Crippen LogP contribution is -2.62. The molecule has 34 nitrogen and oxygen atoms in total. The molecule has 2 aliphatic heterocycles. The Morgan fingerprint density at radius 3 is 1.75 bits per heavy atom. The zero-order valence-electron chi connectivity index (χ0n) is 60.4. The van der Waals surface area contributed by atoms with E-state index in [4.69, 9.17) is 38.3 Å². The van der Waals surface area contributed by atoms with Crippen molar-refractivity contribution in [3.8, 4) is 5.75 Å². The molecule has 6 aromatic rings. The Morgan fingerprint density at radius 2 is 1.15 bits per heavy atom. The van der Waals surface area contributed by atoms with Gasteiger partial charge in [0.2, 0.25) is 53.2 Å². The van der Waals surface area contributed by atoms with Crippen molar-refractivity contribution in [1.29, 1.82) is 0 Å². The van der Waals surface area contributed by atoms with E-state index >= 15 is 19.2 Å². The van der Waals surface area contributed by atoms with E-state index in [1.54, 1.807) is 68.4 Å². The number of phenolic OH excluding ortho intramolecular Hbond substituents is 1. The number of aromatic amines is 1. The Labute approximate surface area is 632 Å². The number of phenols is 1. The normalized spacial score (nSPS) is 19.1. The van der Waals surface area contributed by atoms with Crippen LogP contribution in [0.1, 0.15) is 82.2 Å². The van der Waals surface area contributed by atoms with E-state index in [0.29, 0.717) is 33.8 Å². The van der Waals surface area contributed by atoms with E-state index < -0.39 is 170 Å². The number of H-pyrrole nitrogens is 1. The number of urea groups is 1. The topological polar surface area (TPSA) is 537 Å². The summed E-state index contributed by atoms with van der Waals surface area (Å²) in [6.07, 6.45) is -8.80. The molecule has 22 N–H and O–H groups in total. The maximum atomic E-state index is 15.1. The molecule has 8 rings (SSSR count). The van der Waals surface area contributed by atoms with Crippen molar-refractivity contribution in [3.63, 3.8) is 0 Å². The van der Waals surface area contributed by atoms with Crippen LogP contribution in [0.15, 0.2) is 126 Å². The summed E-state index contributed by atoms with van der Waals surface area (Å²) >= 11 is 6.27. The Kier molecular flexibility index (Phi) is 30.5. The van der Waals surface area contributed by atoms with Crippen LogP contribution in [0.4, 0.5) is 4.79 Å². The number of aromatic nitrogens is 1. The largest absolute Gasteiger partial charge is 0.508 e. The van der Waals surface area contributed by atoms with Crippen molar-refractivity contribution in [3.05, 3.63) is 149 Å². The van der Waals surface area contributed by atoms with E-state index in [2.05, 4.69) is 57.9 Å². The molecule has 3 heterocycles. The lowest BCUT2D eigenvalue weighted by Gasteiger charge is -2.39. The number of guanidine groups is 1. The van der Waals surface area contributed by atoms with Crippen molar-refractivity contribution in [2.45, 2.75) is 171 Å². The number of rotatable bonds is 35. The van der Waals surface area contributed by atoms with Gasteiger partial charge in [-0.25, -0.2) is 10.2 Å². The third-order valence-corrected chi connectivity index (χ3v) is 18.6. The standard InChI is InChI=1S/C74H95ClN16O18/c1-38(2)30-52(63(98)82-51(18-10-28-79-73(76)77)71(106)91-29-11-19-59(91)70(105)89-90-74(78)107)83-69(104)58(37-108-72-62(97)61(96)60(95)39(3)109-72)88-65(100)54(32-42-22-26-48(94)27-23-42)85-68(103)57(36-92)87-67(102)56(35-47-33-45-13-6-8-17-50(45)81-47)86-64(99)53(31-41-20-24-46(75)25-21-41)84-66(101)55(80-40(4)93)34-44-15-9-14-43-12-5-7-16-49(43)44/h5-9,12-17,20-27,33,38-39,51-62,72,81,92,94-97H,10-11,18-19,28-32,34-37H2,1-4H3,(H,80,93)(H,82,98)(H,83,104)(H,84,101)(H,85,103)(H,86,99)(H,87,102)(H,88,100)(H,89,105)(H4,76,77,79)(H3,78,90,107)/t39-,51-,52-,53+,54-,55+,56+,57-,58+,59-,60-,61+,62+,72+/m0/s1. The number of ether oxygens (including phenoxy) is 2. The van der Waals surface area contributed by atoms with Crippen LogP contribution >= 0.6 is 11.6 Å². The number of nitrogens with two attached hydrogens (primary N) is 3. The summed E-state index contributed by atoms with van der Waals surface area (Å²) in [7, 11) is 0. The molecule has 0 bridgehead atoms. The summed E-state index contributed by atoms with van der Waals surface area (Å²) in [4.78, 5) is 165. The van der Waals surface area contributed by atoms with Gasteiger partial charge in [0.1, 0.15) is 78.4 Å². The minimum Gasteiger partial charge on any atom is -0.508 e. The number of nitrogens with zero attached hydrogens (tertiary/aromatic N) is 2. The smallest absolute Gasteiger partial charge is 0.330 e. The van der Waals surface area contributed by atoms with Crippen LogP contribution in [-0.2, 0) is 83.1 Å². The van der Waals surface area contributed by atoms with Gasteiger partial charge in [0.05, 0.1) is 19.3 Å². The van der Waals surface area contributed by atoms with Gasteiger partial charge in [-0.15, -0.1) is 0 Å². The monoisotopic (exact) mass is 1530 g/mol. The minimum atomic E-state index is -1.94. The van der Waals surface area contributed by atoms with Gasteiger partial charge in [-0.05, 0) is 114 Å². The number of carbonyl (C=O) groups is 11. The lowest BCUT2D eigenvalue weighted by molar-refractivity contribution is -0.293. The molecule has 2 saturated heterocycles. The first-order valence-corrected chi connectivity index (χ1v) is 35.9. The highest BCUT2D eigenvalue weighted by atomic mass is 35.5. The van der Waals surface area contributed by atoms with Gasteiger partial charge in [-0.2, -0.15) is 0 Å². The maximum absolute atomic E-state index is 15.1. The second kappa shape index (κ2) is 39.7. The summed E-state index contributed by atoms with van der Waals surface area (Å²) in [6.45, 7) is 4.02. The summed E-state index contributed by atoms with van der Waals surface area (Å²) in [5, 5.41) is 77.5. The van der Waals surface area contributed by atoms with Crippen molar-refractivity contribution in [2.75, 3.05) is 26.3 Å². The van der Waals surface area contributed by atoms with Crippen molar-refractivity contribution < 1.29 is 87.7 Å². The lowest BCUT2D eigenvalue weighted by atomic mass is 9.97. The number of hydrogen-bond donors (Lipinski definition) is 19. The first kappa shape index (κ1) is 83.6. The number of aliphatic imine (C=N–C) groups is 1. The number of halogens is 1. The van der Waals surface area contributed by atoms with Gasteiger partial charge in [0, 0.05) is 61.9 Å². The summed E-state index contributed by atoms with van der Waals surface area (Å²) in [6, 6.07) is 18.6. The second-order valence-electron chi connectivity index (χ2n) is 27.3. The van der Waals surface area contributed by atoms with Crippen LogP contribution in [0.25, 0.3) is 21.7 Å². The Bertz CT molecular complexity index is 4180. The molecule has 2 aliphatic rings. The van der Waals surface area contributed by atoms with Gasteiger partial charge >= 0.3 is 6.03 Å². The summed E-state index contributed by atoms with van der Waals surface area (Å²) in [5.74, 6) is -10.0. The summed E-state index contributed by atoms with van der Waals surface area (Å²) in [5.41, 5.74) is 23.0. The molecule has 0 saturated carbocycles. The number of hydrogen-bond acceptors (Lipinski definition) is 19. The molecule has 2 fully saturated rings. The number of carbonyl (C=O) groups excluding carboxylic acids is 11. The molecule has 0 aliphatic carbocycles. The maximum Gasteiger partial charge on any atom is 0.330 e. The van der Waals surface area contributed by atoms with Crippen molar-refractivity contribution in [1.82, 2.24) is 63.3 Å². The number of aliphatic hydroxyl groups is 4. The fourth-order valence-electron chi connectivity index (χ4n) is 12.8. The van der Waals surface area contributed by atoms with Crippen LogP contribution < -0.4 is 70.6 Å². The molecular weight excluding hydrogens is 1440 g/mol. The predicted molar refractivity (Wildman–Crippen MR) is 398 cm³/mol. The van der Waals surface area contributed by atoms with Gasteiger partial charge in [0.15, 0.2) is 12.2 Å². The molecule has 35 heteroatoms. The third kappa shape index (κ3) is 24.2. The molecule has 586 valence electrons. The molecule has 5 aromatic carbocycles. The molecule has 1 aromatic heterocycles. The number of para-hydroxylation sites is 1. The number of likely N-dealkylation sites (tertiary alicyclic amines) is 1. The average molecular weight is 1530 g/mol. The van der Waals surface area contributed by atoms with Gasteiger partial charge in [-0.3, -0.25) is 58.4 Å². The van der Waals surface area contributed by atoms with Crippen LogP contribution in [0.3, 0.4) is 0 Å². The fraction of sp³-hybridized carbons (Fsp3) is 0.432. The Morgan fingerprint density at radius 1 is 0.615 bits per heavy atom. The first-order chi connectivity index (χ1) is 51.9. The highest BCUT2D eigenvalue weighted by Crippen LogP contribution is 2.26. The first-order valence-electron chi connectivity index (χ1n) is 35.5. The molecule has 0 radical (unpaired) electrons. The number of aliphatic hydroxyl groups excluding tert-OH is 4. The number of fused-ring (bicyclic) bond motifs is 2. The predicted octanol–water partition coefficient (Wildman–Crippen LogP) is -1.52. The van der Waals surface area contributed by atoms with E-state index in [1.807, 2.05) is 47.9 Å². The Hall–Kier alpha value is -11.0. The minimum absolute atomic E-state index is 0.00265.